The third kappa shape index (κ3) is 3.11. The highest BCUT2D eigenvalue weighted by atomic mass is 16.2. The molecule has 1 unspecified atom stereocenters. The maximum Gasteiger partial charge on any atom is 0.257 e. The zero-order valence-electron chi connectivity index (χ0n) is 16.9. The molecule has 148 valence electrons. The number of fused-ring (bicyclic) bond motifs is 1. The van der Waals surface area contributed by atoms with Gasteiger partial charge in [-0.05, 0) is 44.2 Å². The first-order valence-corrected chi connectivity index (χ1v) is 10.3. The Morgan fingerprint density at radius 1 is 1.07 bits per heavy atom. The highest BCUT2D eigenvalue weighted by Crippen LogP contribution is 2.46. The van der Waals surface area contributed by atoms with Crippen LogP contribution in [-0.4, -0.2) is 15.7 Å². The average molecular weight is 386 g/mol. The van der Waals surface area contributed by atoms with Crippen LogP contribution in [0.15, 0.2) is 66.9 Å². The largest absolute Gasteiger partial charge is 0.363 e. The van der Waals surface area contributed by atoms with Gasteiger partial charge in [-0.15, -0.1) is 0 Å². The quantitative estimate of drug-likeness (QED) is 0.689. The van der Waals surface area contributed by atoms with E-state index in [-0.39, 0.29) is 23.0 Å². The van der Waals surface area contributed by atoms with E-state index < -0.39 is 0 Å². The highest BCUT2D eigenvalue weighted by Gasteiger charge is 2.46. The van der Waals surface area contributed by atoms with Gasteiger partial charge in [0, 0.05) is 0 Å². The lowest BCUT2D eigenvalue weighted by Crippen LogP contribution is -2.39. The number of nitrogens with zero attached hydrogens (tertiary/aromatic N) is 2. The highest BCUT2D eigenvalue weighted by molar-refractivity contribution is 5.99. The molecule has 2 N–H and O–H groups in total. The number of nitrogens with one attached hydrogen (secondary N) is 2. The number of rotatable bonds is 4. The third-order valence-electron chi connectivity index (χ3n) is 6.23. The van der Waals surface area contributed by atoms with E-state index in [0.717, 1.165) is 25.1 Å². The Balaban J connectivity index is 1.45. The van der Waals surface area contributed by atoms with Crippen LogP contribution < -0.4 is 10.6 Å². The standard InChI is InChI=1S/C24H26N4O/c1-23(2)15-20(17-9-5-3-6-10-17)26-21-19(16-25-28(21)23)22(29)27-24(13-14-24)18-11-7-4-8-12-18/h3-12,16,20,26H,13-15H2,1-2H3,(H,27,29). The van der Waals surface area contributed by atoms with Crippen molar-refractivity contribution in [3.05, 3.63) is 83.6 Å². The lowest BCUT2D eigenvalue weighted by molar-refractivity contribution is 0.0931. The summed E-state index contributed by atoms with van der Waals surface area (Å²) in [5, 5.41) is 11.4. The summed E-state index contributed by atoms with van der Waals surface area (Å²) < 4.78 is 1.96. The van der Waals surface area contributed by atoms with Gasteiger partial charge >= 0.3 is 0 Å². The molecule has 3 aromatic rings. The Labute approximate surface area is 171 Å². The van der Waals surface area contributed by atoms with Crippen molar-refractivity contribution in [3.8, 4) is 0 Å². The second-order valence-electron chi connectivity index (χ2n) is 8.85. The van der Waals surface area contributed by atoms with Gasteiger partial charge in [0.05, 0.1) is 23.3 Å². The average Bonchev–Trinajstić information content (AvgIpc) is 3.37. The molecule has 0 radical (unpaired) electrons. The molecular weight excluding hydrogens is 360 g/mol. The maximum absolute atomic E-state index is 13.3. The molecule has 5 nitrogen and oxygen atoms in total. The molecule has 1 aromatic heterocycles. The van der Waals surface area contributed by atoms with Crippen LogP contribution in [0.5, 0.6) is 0 Å². The number of hydrogen-bond acceptors (Lipinski definition) is 3. The molecule has 0 spiro atoms. The zero-order chi connectivity index (χ0) is 20.1. The van der Waals surface area contributed by atoms with Crippen molar-refractivity contribution in [2.45, 2.75) is 50.2 Å². The molecular formula is C24H26N4O. The van der Waals surface area contributed by atoms with Crippen LogP contribution in [0.3, 0.4) is 0 Å². The Bertz CT molecular complexity index is 1040. The number of benzene rings is 2. The monoisotopic (exact) mass is 386 g/mol. The molecule has 1 aliphatic carbocycles. The van der Waals surface area contributed by atoms with Gasteiger partial charge in [-0.25, -0.2) is 4.68 Å². The van der Waals surface area contributed by atoms with Gasteiger partial charge in [0.2, 0.25) is 0 Å². The normalized spacial score (nSPS) is 21.0. The van der Waals surface area contributed by atoms with Crippen LogP contribution in [-0.2, 0) is 11.1 Å². The van der Waals surface area contributed by atoms with E-state index in [1.165, 1.54) is 11.1 Å². The van der Waals surface area contributed by atoms with Gasteiger partial charge < -0.3 is 10.6 Å². The molecule has 2 aliphatic rings. The number of aromatic nitrogens is 2. The number of carbonyl (C=O) groups is 1. The maximum atomic E-state index is 13.3. The fraction of sp³-hybridized carbons (Fsp3) is 0.333. The summed E-state index contributed by atoms with van der Waals surface area (Å²) in [6.07, 6.45) is 4.55. The lowest BCUT2D eigenvalue weighted by Gasteiger charge is -2.38. The minimum absolute atomic E-state index is 0.0652. The topological polar surface area (TPSA) is 59.0 Å². The second kappa shape index (κ2) is 6.48. The number of carbonyl (C=O) groups excluding carboxylic acids is 1. The molecule has 1 atom stereocenters. The van der Waals surface area contributed by atoms with Crippen molar-refractivity contribution >= 4 is 11.7 Å². The summed E-state index contributed by atoms with van der Waals surface area (Å²) in [6, 6.07) is 20.8. The molecule has 5 rings (SSSR count). The van der Waals surface area contributed by atoms with Crippen molar-refractivity contribution in [2.24, 2.45) is 0 Å². The van der Waals surface area contributed by atoms with E-state index in [1.54, 1.807) is 6.20 Å². The minimum Gasteiger partial charge on any atom is -0.363 e. The van der Waals surface area contributed by atoms with E-state index in [1.807, 2.05) is 28.9 Å². The van der Waals surface area contributed by atoms with Gasteiger partial charge in [0.15, 0.2) is 0 Å². The summed E-state index contributed by atoms with van der Waals surface area (Å²) in [5.41, 5.74) is 2.58. The molecule has 5 heteroatoms. The molecule has 0 saturated heterocycles. The molecule has 1 aliphatic heterocycles. The Hall–Kier alpha value is -3.08. The van der Waals surface area contributed by atoms with E-state index in [0.29, 0.717) is 5.56 Å². The Morgan fingerprint density at radius 2 is 1.72 bits per heavy atom. The van der Waals surface area contributed by atoms with Crippen LogP contribution in [0.2, 0.25) is 0 Å². The first-order valence-electron chi connectivity index (χ1n) is 10.3. The van der Waals surface area contributed by atoms with Crippen molar-refractivity contribution in [1.29, 1.82) is 0 Å². The van der Waals surface area contributed by atoms with E-state index >= 15 is 0 Å². The van der Waals surface area contributed by atoms with E-state index in [4.69, 9.17) is 0 Å². The molecule has 29 heavy (non-hydrogen) atoms. The van der Waals surface area contributed by atoms with E-state index in [9.17, 15) is 4.79 Å². The zero-order valence-corrected chi connectivity index (χ0v) is 16.9. The molecule has 1 fully saturated rings. The molecule has 2 heterocycles. The minimum atomic E-state index is -0.240. The Morgan fingerprint density at radius 3 is 2.38 bits per heavy atom. The molecule has 0 bridgehead atoms. The van der Waals surface area contributed by atoms with Crippen LogP contribution >= 0.6 is 0 Å². The van der Waals surface area contributed by atoms with Crippen molar-refractivity contribution in [3.63, 3.8) is 0 Å². The molecule has 1 saturated carbocycles. The van der Waals surface area contributed by atoms with E-state index in [2.05, 4.69) is 66.0 Å². The number of amides is 1. The van der Waals surface area contributed by atoms with Gasteiger partial charge in [-0.1, -0.05) is 60.7 Å². The van der Waals surface area contributed by atoms with Crippen LogP contribution in [0.1, 0.15) is 60.6 Å². The molecule has 2 aromatic carbocycles. The first kappa shape index (κ1) is 18.0. The van der Waals surface area contributed by atoms with Gasteiger partial charge in [0.25, 0.3) is 5.91 Å². The van der Waals surface area contributed by atoms with Crippen molar-refractivity contribution in [1.82, 2.24) is 15.1 Å². The van der Waals surface area contributed by atoms with Crippen molar-refractivity contribution in [2.75, 3.05) is 5.32 Å². The predicted octanol–water partition coefficient (Wildman–Crippen LogP) is 4.59. The smallest absolute Gasteiger partial charge is 0.257 e. The van der Waals surface area contributed by atoms with Crippen molar-refractivity contribution < 1.29 is 4.79 Å². The van der Waals surface area contributed by atoms with Crippen LogP contribution in [0.4, 0.5) is 5.82 Å². The van der Waals surface area contributed by atoms with Crippen LogP contribution in [0, 0.1) is 0 Å². The fourth-order valence-corrected chi connectivity index (χ4v) is 4.45. The summed E-state index contributed by atoms with van der Waals surface area (Å²) in [6.45, 7) is 4.35. The first-order chi connectivity index (χ1) is 14.0. The fourth-order valence-electron chi connectivity index (χ4n) is 4.45. The third-order valence-corrected chi connectivity index (χ3v) is 6.23. The summed E-state index contributed by atoms with van der Waals surface area (Å²) in [7, 11) is 0. The summed E-state index contributed by atoms with van der Waals surface area (Å²) in [5.74, 6) is 0.737. The second-order valence-corrected chi connectivity index (χ2v) is 8.85. The SMILES string of the molecule is CC1(C)CC(c2ccccc2)Nc2c(C(=O)NC3(c4ccccc4)CC3)cnn21. The number of anilines is 1. The summed E-state index contributed by atoms with van der Waals surface area (Å²) in [4.78, 5) is 13.3. The molecule has 1 amide bonds. The van der Waals surface area contributed by atoms with Gasteiger partial charge in [-0.2, -0.15) is 5.10 Å². The summed E-state index contributed by atoms with van der Waals surface area (Å²) >= 11 is 0. The van der Waals surface area contributed by atoms with Gasteiger partial charge in [0.1, 0.15) is 11.4 Å². The number of hydrogen-bond donors (Lipinski definition) is 2. The van der Waals surface area contributed by atoms with Crippen LogP contribution in [0.25, 0.3) is 0 Å². The lowest BCUT2D eigenvalue weighted by atomic mass is 9.89. The van der Waals surface area contributed by atoms with Gasteiger partial charge in [-0.3, -0.25) is 4.79 Å². The Kier molecular flexibility index (Phi) is 4.02. The predicted molar refractivity (Wildman–Crippen MR) is 114 cm³/mol.